The second kappa shape index (κ2) is 9.54. The van der Waals surface area contributed by atoms with Crippen molar-refractivity contribution in [2.24, 2.45) is 0 Å². The van der Waals surface area contributed by atoms with Crippen LogP contribution in [0.5, 0.6) is 0 Å². The Morgan fingerprint density at radius 1 is 0.906 bits per heavy atom. The highest BCUT2D eigenvalue weighted by Gasteiger charge is 2.15. The molecule has 9 nitrogen and oxygen atoms in total. The van der Waals surface area contributed by atoms with Gasteiger partial charge in [0, 0.05) is 24.3 Å². The maximum atomic E-state index is 12.5. The number of rotatable bonds is 7. The quantitative estimate of drug-likeness (QED) is 0.356. The summed E-state index contributed by atoms with van der Waals surface area (Å²) in [4.78, 5) is 7.81. The van der Waals surface area contributed by atoms with E-state index in [1.807, 2.05) is 41.2 Å². The summed E-state index contributed by atoms with van der Waals surface area (Å²) in [6.45, 7) is 0.653. The van der Waals surface area contributed by atoms with Crippen molar-refractivity contribution in [3.8, 4) is 0 Å². The molecule has 0 atom stereocenters. The smallest absolute Gasteiger partial charge is 0.264 e. The van der Waals surface area contributed by atoms with Crippen molar-refractivity contribution in [1.82, 2.24) is 19.7 Å². The molecule has 32 heavy (non-hydrogen) atoms. The molecular weight excluding hydrogens is 446 g/mol. The topological polar surface area (TPSA) is 114 Å². The highest BCUT2D eigenvalue weighted by molar-refractivity contribution is 7.92. The molecular formula is C21H19N7O2S2. The van der Waals surface area contributed by atoms with E-state index in [0.717, 1.165) is 11.3 Å². The lowest BCUT2D eigenvalue weighted by molar-refractivity contribution is 0.601. The van der Waals surface area contributed by atoms with Crippen molar-refractivity contribution in [1.29, 1.82) is 0 Å². The second-order valence-electron chi connectivity index (χ2n) is 6.69. The molecule has 0 bridgehead atoms. The van der Waals surface area contributed by atoms with Gasteiger partial charge in [-0.2, -0.15) is 5.10 Å². The number of hydrogen-bond acceptors (Lipinski definition) is 6. The van der Waals surface area contributed by atoms with Crippen LogP contribution in [0.25, 0.3) is 0 Å². The second-order valence-corrected chi connectivity index (χ2v) is 8.78. The number of benzene rings is 2. The van der Waals surface area contributed by atoms with Crippen LogP contribution in [0, 0.1) is 0 Å². The highest BCUT2D eigenvalue weighted by atomic mass is 32.2. The zero-order valence-corrected chi connectivity index (χ0v) is 18.3. The van der Waals surface area contributed by atoms with Gasteiger partial charge < -0.3 is 10.6 Å². The fourth-order valence-corrected chi connectivity index (χ4v) is 4.02. The molecule has 2 aromatic heterocycles. The van der Waals surface area contributed by atoms with Gasteiger partial charge in [-0.1, -0.05) is 30.3 Å². The van der Waals surface area contributed by atoms with Crippen molar-refractivity contribution >= 4 is 44.7 Å². The Morgan fingerprint density at radius 3 is 2.31 bits per heavy atom. The molecule has 0 radical (unpaired) electrons. The van der Waals surface area contributed by atoms with Gasteiger partial charge >= 0.3 is 0 Å². The lowest BCUT2D eigenvalue weighted by Crippen LogP contribution is -2.19. The Bertz CT molecular complexity index is 1290. The Kier molecular flexibility index (Phi) is 6.38. The lowest BCUT2D eigenvalue weighted by atomic mass is 10.2. The van der Waals surface area contributed by atoms with Crippen LogP contribution in [0.15, 0.2) is 90.3 Å². The number of nitrogens with one attached hydrogen (secondary N) is 3. The summed E-state index contributed by atoms with van der Waals surface area (Å²) < 4.78 is 29.0. The third-order valence-electron chi connectivity index (χ3n) is 4.29. The SMILES string of the molecule is O=S(=O)(Nc1ncccn1)c1ccc(NC(=S)Nc2cnn(Cc3ccccc3)c2)cc1. The molecule has 4 rings (SSSR count). The fourth-order valence-electron chi connectivity index (χ4n) is 2.83. The Hall–Kier alpha value is -3.83. The summed E-state index contributed by atoms with van der Waals surface area (Å²) in [5.41, 5.74) is 2.52. The molecule has 0 spiro atoms. The maximum absolute atomic E-state index is 12.5. The molecule has 4 aromatic rings. The summed E-state index contributed by atoms with van der Waals surface area (Å²) in [5, 5.41) is 10.8. The van der Waals surface area contributed by atoms with Crippen LogP contribution in [0.1, 0.15) is 5.56 Å². The van der Waals surface area contributed by atoms with Gasteiger partial charge in [0.15, 0.2) is 5.11 Å². The van der Waals surface area contributed by atoms with Gasteiger partial charge in [0.1, 0.15) is 0 Å². The first-order chi connectivity index (χ1) is 15.5. The van der Waals surface area contributed by atoms with Crippen LogP contribution >= 0.6 is 12.2 Å². The number of anilines is 3. The molecule has 0 saturated carbocycles. The number of nitrogens with zero attached hydrogens (tertiary/aromatic N) is 4. The Balaban J connectivity index is 1.34. The first-order valence-electron chi connectivity index (χ1n) is 9.52. The van der Waals surface area contributed by atoms with Crippen LogP contribution in [0.4, 0.5) is 17.3 Å². The molecule has 0 saturated heterocycles. The lowest BCUT2D eigenvalue weighted by Gasteiger charge is -2.10. The van der Waals surface area contributed by atoms with Crippen molar-refractivity contribution in [2.75, 3.05) is 15.4 Å². The van der Waals surface area contributed by atoms with Gasteiger partial charge in [-0.25, -0.2) is 23.1 Å². The van der Waals surface area contributed by atoms with Crippen molar-refractivity contribution in [3.63, 3.8) is 0 Å². The third-order valence-corrected chi connectivity index (χ3v) is 5.84. The summed E-state index contributed by atoms with van der Waals surface area (Å²) in [7, 11) is -3.79. The number of sulfonamides is 1. The minimum Gasteiger partial charge on any atom is -0.332 e. The number of thiocarbonyl (C=S) groups is 1. The molecule has 162 valence electrons. The third kappa shape index (κ3) is 5.65. The van der Waals surface area contributed by atoms with Crippen molar-refractivity contribution in [3.05, 3.63) is 91.0 Å². The zero-order valence-electron chi connectivity index (χ0n) is 16.7. The largest absolute Gasteiger partial charge is 0.332 e. The van der Waals surface area contributed by atoms with E-state index in [9.17, 15) is 8.42 Å². The van der Waals surface area contributed by atoms with Gasteiger partial charge in [0.25, 0.3) is 10.0 Å². The fraction of sp³-hybridized carbons (Fsp3) is 0.0476. The van der Waals surface area contributed by atoms with E-state index in [-0.39, 0.29) is 10.8 Å². The average Bonchev–Trinajstić information content (AvgIpc) is 3.21. The van der Waals surface area contributed by atoms with Crippen molar-refractivity contribution in [2.45, 2.75) is 11.4 Å². The molecule has 11 heteroatoms. The minimum absolute atomic E-state index is 0.00731. The van der Waals surface area contributed by atoms with Gasteiger partial charge in [-0.05, 0) is 48.1 Å². The predicted octanol–water partition coefficient (Wildman–Crippen LogP) is 3.33. The molecule has 0 aliphatic heterocycles. The van der Waals surface area contributed by atoms with Crippen LogP contribution in [0.3, 0.4) is 0 Å². The Morgan fingerprint density at radius 2 is 1.59 bits per heavy atom. The van der Waals surface area contributed by atoms with Gasteiger partial charge in [-0.15, -0.1) is 0 Å². The van der Waals surface area contributed by atoms with E-state index in [4.69, 9.17) is 12.2 Å². The van der Waals surface area contributed by atoms with E-state index in [1.54, 1.807) is 24.4 Å². The first-order valence-corrected chi connectivity index (χ1v) is 11.4. The number of hydrogen-bond donors (Lipinski definition) is 3. The van der Waals surface area contributed by atoms with E-state index in [2.05, 4.69) is 30.4 Å². The van der Waals surface area contributed by atoms with Gasteiger partial charge in [0.05, 0.1) is 23.3 Å². The molecule has 0 aliphatic carbocycles. The molecule has 0 unspecified atom stereocenters. The maximum Gasteiger partial charge on any atom is 0.264 e. The normalized spacial score (nSPS) is 11.0. The summed E-state index contributed by atoms with van der Waals surface area (Å²) in [5.74, 6) is 0.00731. The monoisotopic (exact) mass is 465 g/mol. The van der Waals surface area contributed by atoms with E-state index < -0.39 is 10.0 Å². The summed E-state index contributed by atoms with van der Waals surface area (Å²) in [6.07, 6.45) is 6.45. The minimum atomic E-state index is -3.79. The molecule has 2 aromatic carbocycles. The van der Waals surface area contributed by atoms with Crippen LogP contribution in [-0.4, -0.2) is 33.3 Å². The summed E-state index contributed by atoms with van der Waals surface area (Å²) >= 11 is 5.34. The van der Waals surface area contributed by atoms with Crippen molar-refractivity contribution < 1.29 is 8.42 Å². The van der Waals surface area contributed by atoms with Crippen LogP contribution in [0.2, 0.25) is 0 Å². The zero-order chi connectivity index (χ0) is 22.4. The Labute approximate surface area is 190 Å². The van der Waals surface area contributed by atoms with E-state index in [0.29, 0.717) is 17.3 Å². The molecule has 0 fully saturated rings. The predicted molar refractivity (Wildman–Crippen MR) is 127 cm³/mol. The standard InChI is InChI=1S/C21H19N7O2S2/c29-32(30,27-20-22-11-4-12-23-20)19-9-7-17(8-10-19)25-21(31)26-18-13-24-28(15-18)14-16-5-2-1-3-6-16/h1-13,15H,14H2,(H,22,23,27)(H2,25,26,31). The number of aromatic nitrogens is 4. The van der Waals surface area contributed by atoms with Gasteiger partial charge in [-0.3, -0.25) is 4.68 Å². The van der Waals surface area contributed by atoms with Gasteiger partial charge in [0.2, 0.25) is 5.95 Å². The highest BCUT2D eigenvalue weighted by Crippen LogP contribution is 2.17. The van der Waals surface area contributed by atoms with E-state index >= 15 is 0 Å². The summed E-state index contributed by atoms with van der Waals surface area (Å²) in [6, 6.07) is 17.8. The average molecular weight is 466 g/mol. The van der Waals surface area contributed by atoms with E-state index in [1.165, 1.54) is 24.5 Å². The molecule has 2 heterocycles. The molecule has 0 amide bonds. The molecule has 0 aliphatic rings. The first kappa shape index (κ1) is 21.4. The van der Waals surface area contributed by atoms with Crippen LogP contribution < -0.4 is 15.4 Å². The molecule has 3 N–H and O–H groups in total. The van der Waals surface area contributed by atoms with Crippen LogP contribution in [-0.2, 0) is 16.6 Å².